The molecule has 2 N–H and O–H groups in total. The van der Waals surface area contributed by atoms with Gasteiger partial charge in [0.1, 0.15) is 36.4 Å². The molecule has 138 valence electrons. The molecule has 0 saturated heterocycles. The van der Waals surface area contributed by atoms with Gasteiger partial charge in [-0.2, -0.15) is 18.3 Å². The summed E-state index contributed by atoms with van der Waals surface area (Å²) >= 11 is 0.598. The third-order valence-corrected chi connectivity index (χ3v) is 4.53. The van der Waals surface area contributed by atoms with Gasteiger partial charge in [0.05, 0.1) is 11.8 Å². The highest BCUT2D eigenvalue weighted by molar-refractivity contribution is 7.98. The van der Waals surface area contributed by atoms with E-state index in [1.165, 1.54) is 24.3 Å². The molecule has 0 bridgehead atoms. The lowest BCUT2D eigenvalue weighted by Gasteiger charge is -2.34. The Balaban J connectivity index is 2.28. The maximum Gasteiger partial charge on any atom is 0.401 e. The van der Waals surface area contributed by atoms with Crippen molar-refractivity contribution in [1.29, 1.82) is 0 Å². The number of aliphatic hydroxyl groups is 1. The lowest BCUT2D eigenvalue weighted by Crippen LogP contribution is -2.43. The lowest BCUT2D eigenvalue weighted by molar-refractivity contribution is -0.121. The number of rotatable bonds is 7. The molecule has 0 unspecified atom stereocenters. The van der Waals surface area contributed by atoms with Crippen LogP contribution in [0.1, 0.15) is 12.5 Å². The van der Waals surface area contributed by atoms with Crippen LogP contribution >= 0.6 is 11.9 Å². The predicted octanol–water partition coefficient (Wildman–Crippen LogP) is 2.63. The van der Waals surface area contributed by atoms with Gasteiger partial charge < -0.3 is 5.11 Å². The van der Waals surface area contributed by atoms with Gasteiger partial charge in [-0.25, -0.2) is 18.4 Å². The average Bonchev–Trinajstić information content (AvgIpc) is 2.98. The molecular formula is C14H15F5N4OS. The number of aromatic nitrogens is 3. The first-order chi connectivity index (χ1) is 11.6. The molecule has 0 spiro atoms. The number of hydrogen-bond acceptors (Lipinski definition) is 5. The lowest BCUT2D eigenvalue weighted by atomic mass is 9.90. The quantitative estimate of drug-likeness (QED) is 0.570. The van der Waals surface area contributed by atoms with E-state index in [0.29, 0.717) is 18.0 Å². The van der Waals surface area contributed by atoms with Gasteiger partial charge in [0.25, 0.3) is 0 Å². The third kappa shape index (κ3) is 5.13. The first-order valence-corrected chi connectivity index (χ1v) is 7.95. The van der Waals surface area contributed by atoms with Crippen molar-refractivity contribution < 1.29 is 27.1 Å². The highest BCUT2D eigenvalue weighted by Crippen LogP contribution is 2.35. The molecule has 1 heterocycles. The molecule has 1 aromatic carbocycles. The van der Waals surface area contributed by atoms with Crippen molar-refractivity contribution in [2.45, 2.75) is 30.5 Å². The van der Waals surface area contributed by atoms with E-state index in [4.69, 9.17) is 0 Å². The first kappa shape index (κ1) is 19.6. The number of halogens is 5. The van der Waals surface area contributed by atoms with Crippen molar-refractivity contribution in [3.63, 3.8) is 0 Å². The molecule has 0 saturated carbocycles. The van der Waals surface area contributed by atoms with Crippen LogP contribution in [-0.4, -0.2) is 37.8 Å². The van der Waals surface area contributed by atoms with E-state index >= 15 is 0 Å². The summed E-state index contributed by atoms with van der Waals surface area (Å²) in [6.07, 6.45) is -1.97. The van der Waals surface area contributed by atoms with Crippen LogP contribution in [0.2, 0.25) is 0 Å². The number of nitrogens with zero attached hydrogens (tertiary/aromatic N) is 3. The highest BCUT2D eigenvalue weighted by Gasteiger charge is 2.40. The summed E-state index contributed by atoms with van der Waals surface area (Å²) in [5.41, 5.74) is -2.22. The molecule has 0 aliphatic carbocycles. The zero-order valence-electron chi connectivity index (χ0n) is 13.0. The normalized spacial score (nSPS) is 15.8. The van der Waals surface area contributed by atoms with E-state index in [1.54, 1.807) is 0 Å². The maximum absolute atomic E-state index is 14.2. The summed E-state index contributed by atoms with van der Waals surface area (Å²) in [4.78, 5) is 3.71. The monoisotopic (exact) mass is 382 g/mol. The van der Waals surface area contributed by atoms with Gasteiger partial charge in [0.2, 0.25) is 0 Å². The Morgan fingerprint density at radius 2 is 2.04 bits per heavy atom. The van der Waals surface area contributed by atoms with Gasteiger partial charge >= 0.3 is 6.18 Å². The van der Waals surface area contributed by atoms with Crippen molar-refractivity contribution in [2.75, 3.05) is 6.54 Å². The minimum atomic E-state index is -4.43. The minimum Gasteiger partial charge on any atom is -0.382 e. The van der Waals surface area contributed by atoms with E-state index in [1.807, 2.05) is 0 Å². The predicted molar refractivity (Wildman–Crippen MR) is 81.4 cm³/mol. The van der Waals surface area contributed by atoms with Crippen LogP contribution in [0.15, 0.2) is 30.9 Å². The second-order valence-electron chi connectivity index (χ2n) is 5.34. The molecule has 2 atom stereocenters. The fraction of sp³-hybridized carbons (Fsp3) is 0.429. The Kier molecular flexibility index (Phi) is 6.01. The Morgan fingerprint density at radius 1 is 1.32 bits per heavy atom. The number of hydrogen-bond donors (Lipinski definition) is 2. The molecule has 1 aromatic heterocycles. The Morgan fingerprint density at radius 3 is 2.60 bits per heavy atom. The second-order valence-corrected chi connectivity index (χ2v) is 6.57. The van der Waals surface area contributed by atoms with Crippen LogP contribution < -0.4 is 4.72 Å². The van der Waals surface area contributed by atoms with Crippen molar-refractivity contribution >= 4 is 11.9 Å². The standard InChI is InChI=1S/C14H15F5N4OS/c1-9(25-22-5-14(17,18)19)13(24,6-23-8-20-7-21-23)11-3-2-10(15)4-12(11)16/h2-4,7-9,22,24H,5-6H2,1H3/t9-,13-/m1/s1. The largest absolute Gasteiger partial charge is 0.401 e. The SMILES string of the molecule is C[C@@H](SNCC(F)(F)F)[C@](O)(Cn1cncn1)c1ccc(F)cc1F. The molecule has 2 rings (SSSR count). The molecule has 0 radical (unpaired) electrons. The van der Waals surface area contributed by atoms with Crippen LogP contribution in [0.4, 0.5) is 22.0 Å². The summed E-state index contributed by atoms with van der Waals surface area (Å²) in [6, 6.07) is 2.62. The smallest absolute Gasteiger partial charge is 0.382 e. The second kappa shape index (κ2) is 7.67. The number of nitrogens with one attached hydrogen (secondary N) is 1. The molecule has 5 nitrogen and oxygen atoms in total. The van der Waals surface area contributed by atoms with E-state index in [-0.39, 0.29) is 12.1 Å². The van der Waals surface area contributed by atoms with Crippen LogP contribution in [0, 0.1) is 11.6 Å². The van der Waals surface area contributed by atoms with E-state index in [2.05, 4.69) is 14.8 Å². The van der Waals surface area contributed by atoms with Crippen LogP contribution in [0.25, 0.3) is 0 Å². The Labute approximate surface area is 144 Å². The highest BCUT2D eigenvalue weighted by atomic mass is 32.2. The first-order valence-electron chi connectivity index (χ1n) is 7.07. The maximum atomic E-state index is 14.2. The molecule has 25 heavy (non-hydrogen) atoms. The molecule has 0 aliphatic rings. The Hall–Kier alpha value is -1.72. The van der Waals surface area contributed by atoms with Crippen molar-refractivity contribution in [2.24, 2.45) is 0 Å². The van der Waals surface area contributed by atoms with Crippen LogP contribution in [0.5, 0.6) is 0 Å². The minimum absolute atomic E-state index is 0.252. The molecule has 0 amide bonds. The van der Waals surface area contributed by atoms with Gasteiger partial charge in [0.15, 0.2) is 0 Å². The molecular weight excluding hydrogens is 367 g/mol. The Bertz CT molecular complexity index is 697. The summed E-state index contributed by atoms with van der Waals surface area (Å²) in [5.74, 6) is -1.84. The van der Waals surface area contributed by atoms with Gasteiger partial charge in [0, 0.05) is 11.6 Å². The summed E-state index contributed by atoms with van der Waals surface area (Å²) in [6.45, 7) is -0.140. The van der Waals surface area contributed by atoms with Crippen molar-refractivity contribution in [3.8, 4) is 0 Å². The van der Waals surface area contributed by atoms with Gasteiger partial charge in [-0.1, -0.05) is 18.0 Å². The summed E-state index contributed by atoms with van der Waals surface area (Å²) in [7, 11) is 0. The fourth-order valence-electron chi connectivity index (χ4n) is 2.18. The van der Waals surface area contributed by atoms with Gasteiger partial charge in [-0.05, 0) is 13.0 Å². The number of benzene rings is 1. The van der Waals surface area contributed by atoms with E-state index < -0.39 is 35.2 Å². The topological polar surface area (TPSA) is 63.0 Å². The van der Waals surface area contributed by atoms with Crippen LogP contribution in [-0.2, 0) is 12.1 Å². The summed E-state index contributed by atoms with van der Waals surface area (Å²) in [5, 5.41) is 13.9. The van der Waals surface area contributed by atoms with Crippen LogP contribution in [0.3, 0.4) is 0 Å². The van der Waals surface area contributed by atoms with Crippen molar-refractivity contribution in [3.05, 3.63) is 48.1 Å². The molecule has 0 aliphatic heterocycles. The van der Waals surface area contributed by atoms with Crippen molar-refractivity contribution in [1.82, 2.24) is 19.5 Å². The fourth-order valence-corrected chi connectivity index (χ4v) is 3.07. The van der Waals surface area contributed by atoms with Gasteiger partial charge in [-0.3, -0.25) is 4.72 Å². The zero-order valence-corrected chi connectivity index (χ0v) is 13.8. The average molecular weight is 382 g/mol. The summed E-state index contributed by atoms with van der Waals surface area (Å²) < 4.78 is 67.5. The zero-order chi connectivity index (χ0) is 18.7. The third-order valence-electron chi connectivity index (χ3n) is 3.47. The van der Waals surface area contributed by atoms with E-state index in [0.717, 1.165) is 12.1 Å². The number of alkyl halides is 3. The van der Waals surface area contributed by atoms with Gasteiger partial charge in [-0.15, -0.1) is 0 Å². The molecule has 2 aromatic rings. The molecule has 0 fully saturated rings. The molecule has 11 heteroatoms. The van der Waals surface area contributed by atoms with E-state index in [9.17, 15) is 27.1 Å².